The standard InChI is InChI=1S/2C32H60N.C10H8O6S2/c2*1-5-8-11-14-17-20-27-33(28-21-18-15-12-9-6-2,29-22-19-16-13-10-7-3)30-32-25-23-31(4)24-26-32;11-17(12,13)9-5-1-3-7-8(9)4-2-6-10(7)18(14,15)16/h2*23-26H,5-22,27-30H2,1-4H3;1-6H,(H,11,12,13)(H,14,15,16)/q2*+1;/p-2. The molecule has 0 aromatic heterocycles. The van der Waals surface area contributed by atoms with E-state index in [-0.39, 0.29) is 10.8 Å². The minimum absolute atomic E-state index is 0.0792. The van der Waals surface area contributed by atoms with Gasteiger partial charge in [-0.3, -0.25) is 0 Å². The van der Waals surface area contributed by atoms with Crippen molar-refractivity contribution >= 4 is 31.0 Å². The Bertz CT molecular complexity index is 2190. The molecule has 0 spiro atoms. The van der Waals surface area contributed by atoms with Gasteiger partial charge in [-0.15, -0.1) is 0 Å². The van der Waals surface area contributed by atoms with E-state index in [1.54, 1.807) is 11.1 Å². The van der Waals surface area contributed by atoms with Crippen LogP contribution in [-0.2, 0) is 33.3 Å². The number of hydrogen-bond acceptors (Lipinski definition) is 6. The lowest BCUT2D eigenvalue weighted by molar-refractivity contribution is -0.941. The van der Waals surface area contributed by atoms with E-state index in [0.717, 1.165) is 12.1 Å². The predicted octanol–water partition coefficient (Wildman–Crippen LogP) is 21.4. The molecule has 0 bridgehead atoms. The largest absolute Gasteiger partial charge is 0.744 e. The highest BCUT2D eigenvalue weighted by atomic mass is 32.2. The van der Waals surface area contributed by atoms with Gasteiger partial charge in [0.1, 0.15) is 33.3 Å². The SMILES string of the molecule is CCCCCCCC[N+](CCCCCCCC)(CCCCCCCC)Cc1ccc(C)cc1.CCCCCCCC[N+](CCCCCCCC)(CCCCCCCC)Cc1ccc(C)cc1.O=S(=O)([O-])c1cccc2c(S(=O)(=O)[O-])cccc12. The molecule has 4 aromatic rings. The van der Waals surface area contributed by atoms with Gasteiger partial charge in [0.25, 0.3) is 0 Å². The van der Waals surface area contributed by atoms with Gasteiger partial charge in [-0.2, -0.15) is 0 Å². The van der Waals surface area contributed by atoms with Crippen LogP contribution in [0.4, 0.5) is 0 Å². The van der Waals surface area contributed by atoms with Gasteiger partial charge in [0.2, 0.25) is 0 Å². The van der Waals surface area contributed by atoms with Crippen LogP contribution in [0.25, 0.3) is 10.8 Å². The van der Waals surface area contributed by atoms with E-state index >= 15 is 0 Å². The van der Waals surface area contributed by atoms with Crippen LogP contribution in [0.2, 0.25) is 0 Å². The second-order valence-corrected chi connectivity index (χ2v) is 28.1. The summed E-state index contributed by atoms with van der Waals surface area (Å²) in [4.78, 5) is -1.10. The van der Waals surface area contributed by atoms with Gasteiger partial charge in [-0.25, -0.2) is 16.8 Å². The lowest BCUT2D eigenvalue weighted by Crippen LogP contribution is -2.49. The van der Waals surface area contributed by atoms with E-state index in [9.17, 15) is 25.9 Å². The summed E-state index contributed by atoms with van der Waals surface area (Å²) < 4.78 is 68.8. The third kappa shape index (κ3) is 35.0. The Morgan fingerprint density at radius 1 is 0.286 bits per heavy atom. The fraction of sp³-hybridized carbons (Fsp3) is 0.703. The molecule has 0 amide bonds. The first-order valence-electron chi connectivity index (χ1n) is 34.8. The summed E-state index contributed by atoms with van der Waals surface area (Å²) in [6, 6.07) is 26.0. The molecule has 0 fully saturated rings. The van der Waals surface area contributed by atoms with Gasteiger partial charge in [0, 0.05) is 21.9 Å². The summed E-state index contributed by atoms with van der Waals surface area (Å²) in [7, 11) is -9.48. The van der Waals surface area contributed by atoms with Gasteiger partial charge in [0.15, 0.2) is 0 Å². The van der Waals surface area contributed by atoms with Crippen LogP contribution in [0, 0.1) is 13.8 Å². The van der Waals surface area contributed by atoms with E-state index in [4.69, 9.17) is 0 Å². The summed E-state index contributed by atoms with van der Waals surface area (Å²) in [5, 5.41) is -0.158. The van der Waals surface area contributed by atoms with Crippen molar-refractivity contribution in [1.82, 2.24) is 0 Å². The average molecular weight is 1200 g/mol. The number of benzene rings is 4. The van der Waals surface area contributed by atoms with Gasteiger partial charge >= 0.3 is 0 Å². The number of fused-ring (bicyclic) bond motifs is 1. The molecular formula is C74H126N2O6S2. The Morgan fingerprint density at radius 2 is 0.488 bits per heavy atom. The maximum absolute atomic E-state index is 11.0. The molecule has 0 saturated carbocycles. The summed E-state index contributed by atoms with van der Waals surface area (Å²) in [5.74, 6) is 0. The van der Waals surface area contributed by atoms with Crippen LogP contribution in [0.1, 0.15) is 295 Å². The van der Waals surface area contributed by atoms with Crippen molar-refractivity contribution in [2.24, 2.45) is 0 Å². The second-order valence-electron chi connectivity index (χ2n) is 25.4. The van der Waals surface area contributed by atoms with Crippen molar-refractivity contribution in [2.75, 3.05) is 39.3 Å². The Morgan fingerprint density at radius 3 is 0.690 bits per heavy atom. The number of unbranched alkanes of at least 4 members (excludes halogenated alkanes) is 30. The predicted molar refractivity (Wildman–Crippen MR) is 360 cm³/mol. The summed E-state index contributed by atoms with van der Waals surface area (Å²) in [6.07, 6.45) is 50.9. The number of aryl methyl sites for hydroxylation is 2. The number of quaternary nitrogens is 2. The molecule has 0 unspecified atom stereocenters. The number of hydrogen-bond donors (Lipinski definition) is 0. The molecule has 480 valence electrons. The van der Waals surface area contributed by atoms with E-state index < -0.39 is 30.0 Å². The van der Waals surface area contributed by atoms with Gasteiger partial charge in [0.05, 0.1) is 49.1 Å². The number of nitrogens with zero attached hydrogens (tertiary/aromatic N) is 2. The van der Waals surface area contributed by atoms with Crippen LogP contribution in [-0.4, -0.2) is 74.2 Å². The molecule has 0 atom stereocenters. The van der Waals surface area contributed by atoms with Crippen LogP contribution < -0.4 is 0 Å². The van der Waals surface area contributed by atoms with Crippen LogP contribution in [0.15, 0.2) is 94.7 Å². The quantitative estimate of drug-likeness (QED) is 0.0247. The third-order valence-corrected chi connectivity index (χ3v) is 19.4. The zero-order valence-corrected chi connectivity index (χ0v) is 57.0. The van der Waals surface area contributed by atoms with Crippen molar-refractivity contribution < 1.29 is 34.9 Å². The molecular weight excluding hydrogens is 1080 g/mol. The van der Waals surface area contributed by atoms with Gasteiger partial charge in [-0.1, -0.05) is 280 Å². The molecule has 84 heavy (non-hydrogen) atoms. The van der Waals surface area contributed by atoms with Gasteiger partial charge in [-0.05, 0) is 103 Å². The molecule has 0 saturated heterocycles. The van der Waals surface area contributed by atoms with Crippen molar-refractivity contribution in [1.29, 1.82) is 0 Å². The zero-order valence-electron chi connectivity index (χ0n) is 55.4. The van der Waals surface area contributed by atoms with Crippen LogP contribution >= 0.6 is 0 Å². The summed E-state index contributed by atoms with van der Waals surface area (Å²) in [5.41, 5.74) is 5.89. The maximum Gasteiger partial charge on any atom is 0.125 e. The van der Waals surface area contributed by atoms with E-state index in [1.165, 1.54) is 328 Å². The molecule has 4 rings (SSSR count). The molecule has 4 aromatic carbocycles. The first-order chi connectivity index (χ1) is 40.5. The molecule has 0 aliphatic heterocycles. The topological polar surface area (TPSA) is 114 Å². The normalized spacial score (nSPS) is 12.1. The fourth-order valence-corrected chi connectivity index (χ4v) is 13.7. The minimum Gasteiger partial charge on any atom is -0.744 e. The van der Waals surface area contributed by atoms with Crippen molar-refractivity contribution in [3.8, 4) is 0 Å². The molecule has 0 radical (unpaired) electrons. The highest BCUT2D eigenvalue weighted by Crippen LogP contribution is 2.29. The first-order valence-corrected chi connectivity index (χ1v) is 37.6. The zero-order chi connectivity index (χ0) is 61.6. The Hall–Kier alpha value is -3.12. The second kappa shape index (κ2) is 47.0. The van der Waals surface area contributed by atoms with Crippen LogP contribution in [0.3, 0.4) is 0 Å². The summed E-state index contributed by atoms with van der Waals surface area (Å²) >= 11 is 0. The average Bonchev–Trinajstić information content (AvgIpc) is 1.93. The van der Waals surface area contributed by atoms with E-state index in [2.05, 4.69) is 104 Å². The minimum atomic E-state index is -4.74. The monoisotopic (exact) mass is 1200 g/mol. The van der Waals surface area contributed by atoms with Crippen LogP contribution in [0.5, 0.6) is 0 Å². The molecule has 10 heteroatoms. The lowest BCUT2D eigenvalue weighted by atomic mass is 10.0. The highest BCUT2D eigenvalue weighted by molar-refractivity contribution is 7.86. The molecule has 0 N–H and O–H groups in total. The van der Waals surface area contributed by atoms with Crippen molar-refractivity contribution in [3.63, 3.8) is 0 Å². The summed E-state index contributed by atoms with van der Waals surface area (Å²) in [6.45, 7) is 29.2. The Labute approximate surface area is 518 Å². The smallest absolute Gasteiger partial charge is 0.125 e. The van der Waals surface area contributed by atoms with Crippen molar-refractivity contribution in [3.05, 3.63) is 107 Å². The lowest BCUT2D eigenvalue weighted by Gasteiger charge is -2.39. The van der Waals surface area contributed by atoms with E-state index in [1.807, 2.05) is 0 Å². The Kier molecular flexibility index (Phi) is 43.0. The molecule has 8 nitrogen and oxygen atoms in total. The fourth-order valence-electron chi connectivity index (χ4n) is 12.4. The molecule has 0 aliphatic carbocycles. The number of rotatable bonds is 48. The van der Waals surface area contributed by atoms with E-state index in [0.29, 0.717) is 0 Å². The first kappa shape index (κ1) is 77.0. The third-order valence-electron chi connectivity index (χ3n) is 17.6. The van der Waals surface area contributed by atoms with Crippen molar-refractivity contribution in [2.45, 2.75) is 309 Å². The van der Waals surface area contributed by atoms with Gasteiger partial charge < -0.3 is 18.1 Å². The maximum atomic E-state index is 11.0. The Balaban J connectivity index is 0.000000448. The highest BCUT2D eigenvalue weighted by Gasteiger charge is 2.28. The molecule has 0 aliphatic rings. The molecule has 0 heterocycles.